The Morgan fingerprint density at radius 1 is 1.03 bits per heavy atom. The predicted molar refractivity (Wildman–Crippen MR) is 117 cm³/mol. The van der Waals surface area contributed by atoms with Gasteiger partial charge in [0.05, 0.1) is 5.69 Å². The second kappa shape index (κ2) is 9.39. The van der Waals surface area contributed by atoms with Gasteiger partial charge in [0.25, 0.3) is 5.91 Å². The van der Waals surface area contributed by atoms with E-state index < -0.39 is 6.04 Å². The van der Waals surface area contributed by atoms with E-state index in [1.54, 1.807) is 12.1 Å². The van der Waals surface area contributed by atoms with E-state index in [4.69, 9.17) is 4.42 Å². The third-order valence-corrected chi connectivity index (χ3v) is 4.70. The van der Waals surface area contributed by atoms with Gasteiger partial charge in [-0.1, -0.05) is 50.2 Å². The molecule has 0 radical (unpaired) electrons. The van der Waals surface area contributed by atoms with Gasteiger partial charge < -0.3 is 15.1 Å². The lowest BCUT2D eigenvalue weighted by Crippen LogP contribution is -2.37. The van der Waals surface area contributed by atoms with Gasteiger partial charge in [0.1, 0.15) is 11.8 Å². The average molecular weight is 405 g/mol. The molecule has 1 atom stereocenters. The first-order valence-electron chi connectivity index (χ1n) is 10.0. The second-order valence-electron chi connectivity index (χ2n) is 7.74. The van der Waals surface area contributed by atoms with Gasteiger partial charge in [-0.05, 0) is 43.5 Å². The maximum atomic E-state index is 13.1. The van der Waals surface area contributed by atoms with Gasteiger partial charge in [-0.15, -0.1) is 0 Å². The molecule has 1 aromatic heterocycles. The maximum Gasteiger partial charge on any atom is 0.251 e. The molecule has 0 bridgehead atoms. The van der Waals surface area contributed by atoms with E-state index in [0.29, 0.717) is 18.0 Å². The van der Waals surface area contributed by atoms with Crippen LogP contribution in [0.5, 0.6) is 0 Å². The van der Waals surface area contributed by atoms with Crippen molar-refractivity contribution in [1.82, 2.24) is 10.3 Å². The van der Waals surface area contributed by atoms with Crippen molar-refractivity contribution >= 4 is 17.5 Å². The molecule has 0 aliphatic carbocycles. The molecule has 2 aromatic carbocycles. The van der Waals surface area contributed by atoms with Crippen LogP contribution in [0.2, 0.25) is 0 Å². The number of hydrogen-bond acceptors (Lipinski definition) is 4. The number of aryl methyl sites for hydroxylation is 2. The number of benzene rings is 2. The Kier molecular flexibility index (Phi) is 6.67. The molecule has 0 spiro atoms. The van der Waals surface area contributed by atoms with E-state index in [1.807, 2.05) is 70.2 Å². The lowest BCUT2D eigenvalue weighted by Gasteiger charge is -2.19. The second-order valence-corrected chi connectivity index (χ2v) is 7.74. The molecule has 3 aromatic rings. The van der Waals surface area contributed by atoms with E-state index in [9.17, 15) is 9.59 Å². The number of hydrogen-bond donors (Lipinski definition) is 2. The van der Waals surface area contributed by atoms with Crippen molar-refractivity contribution in [2.45, 2.75) is 40.2 Å². The topological polar surface area (TPSA) is 84.2 Å². The third-order valence-electron chi connectivity index (χ3n) is 4.70. The molecular weight excluding hydrogens is 378 g/mol. The maximum absolute atomic E-state index is 13.1. The van der Waals surface area contributed by atoms with E-state index >= 15 is 0 Å². The Bertz CT molecular complexity index is 1010. The smallest absolute Gasteiger partial charge is 0.251 e. The zero-order valence-electron chi connectivity index (χ0n) is 17.7. The highest BCUT2D eigenvalue weighted by Crippen LogP contribution is 2.25. The van der Waals surface area contributed by atoms with Crippen LogP contribution in [-0.2, 0) is 9.59 Å². The molecule has 2 N–H and O–H groups in total. The van der Waals surface area contributed by atoms with Gasteiger partial charge in [0, 0.05) is 17.7 Å². The first-order valence-corrected chi connectivity index (χ1v) is 10.0. The van der Waals surface area contributed by atoms with Crippen molar-refractivity contribution in [3.05, 3.63) is 71.6 Å². The molecule has 1 unspecified atom stereocenters. The molecule has 0 saturated heterocycles. The Morgan fingerprint density at radius 3 is 2.40 bits per heavy atom. The van der Waals surface area contributed by atoms with Crippen LogP contribution in [0.3, 0.4) is 0 Å². The van der Waals surface area contributed by atoms with Crippen LogP contribution in [-0.4, -0.2) is 16.8 Å². The average Bonchev–Trinajstić information content (AvgIpc) is 3.05. The summed E-state index contributed by atoms with van der Waals surface area (Å²) in [6, 6.07) is 15.7. The summed E-state index contributed by atoms with van der Waals surface area (Å²) >= 11 is 0. The Labute approximate surface area is 176 Å². The molecule has 156 valence electrons. The highest BCUT2D eigenvalue weighted by atomic mass is 16.4. The van der Waals surface area contributed by atoms with Crippen molar-refractivity contribution in [2.24, 2.45) is 5.92 Å². The van der Waals surface area contributed by atoms with Crippen LogP contribution < -0.4 is 10.6 Å². The quantitative estimate of drug-likeness (QED) is 0.591. The molecule has 0 aliphatic rings. The van der Waals surface area contributed by atoms with E-state index in [1.165, 1.54) is 0 Å². The molecule has 1 heterocycles. The molecule has 2 amide bonds. The van der Waals surface area contributed by atoms with Crippen LogP contribution in [0.1, 0.15) is 43.3 Å². The minimum atomic E-state index is -0.785. The number of anilines is 1. The minimum absolute atomic E-state index is 0.159. The first-order chi connectivity index (χ1) is 14.3. The van der Waals surface area contributed by atoms with Crippen LogP contribution in [0.4, 0.5) is 5.69 Å². The van der Waals surface area contributed by atoms with Crippen molar-refractivity contribution < 1.29 is 14.0 Å². The van der Waals surface area contributed by atoms with Gasteiger partial charge >= 0.3 is 0 Å². The lowest BCUT2D eigenvalue weighted by molar-refractivity contribution is -0.127. The SMILES string of the molecule is Cc1nc(-c2cccc(NC(=O)C(NC(=O)CC(C)C)c3ccccc3)c2)oc1C. The summed E-state index contributed by atoms with van der Waals surface area (Å²) in [5.41, 5.74) is 2.92. The number of carbonyl (C=O) groups is 2. The molecule has 6 nitrogen and oxygen atoms in total. The number of rotatable bonds is 7. The van der Waals surface area contributed by atoms with Gasteiger partial charge in [-0.2, -0.15) is 0 Å². The Morgan fingerprint density at radius 2 is 1.77 bits per heavy atom. The number of aromatic nitrogens is 1. The fraction of sp³-hybridized carbons (Fsp3) is 0.292. The number of amides is 2. The normalized spacial score (nSPS) is 11.9. The summed E-state index contributed by atoms with van der Waals surface area (Å²) in [7, 11) is 0. The highest BCUT2D eigenvalue weighted by molar-refractivity contribution is 5.98. The Hall–Kier alpha value is -3.41. The molecule has 0 aliphatic heterocycles. The van der Waals surface area contributed by atoms with Crippen LogP contribution >= 0.6 is 0 Å². The predicted octanol–water partition coefficient (Wildman–Crippen LogP) is 4.80. The molecule has 6 heteroatoms. The number of nitrogens with zero attached hydrogens (tertiary/aromatic N) is 1. The summed E-state index contributed by atoms with van der Waals surface area (Å²) in [5, 5.41) is 5.77. The third kappa shape index (κ3) is 5.35. The van der Waals surface area contributed by atoms with Crippen molar-refractivity contribution in [2.75, 3.05) is 5.32 Å². The fourth-order valence-corrected chi connectivity index (χ4v) is 3.08. The largest absolute Gasteiger partial charge is 0.441 e. The zero-order valence-corrected chi connectivity index (χ0v) is 17.7. The van der Waals surface area contributed by atoms with Gasteiger partial charge in [0.2, 0.25) is 11.8 Å². The summed E-state index contributed by atoms with van der Waals surface area (Å²) < 4.78 is 5.69. The highest BCUT2D eigenvalue weighted by Gasteiger charge is 2.23. The van der Waals surface area contributed by atoms with Gasteiger partial charge in [-0.3, -0.25) is 9.59 Å². The molecular formula is C24H27N3O3. The van der Waals surface area contributed by atoms with E-state index in [2.05, 4.69) is 15.6 Å². The van der Waals surface area contributed by atoms with Crippen LogP contribution in [0.25, 0.3) is 11.5 Å². The summed E-state index contributed by atoms with van der Waals surface area (Å²) in [6.45, 7) is 7.68. The fourth-order valence-electron chi connectivity index (χ4n) is 3.08. The zero-order chi connectivity index (χ0) is 21.7. The standard InChI is InChI=1S/C24H27N3O3/c1-15(2)13-21(28)27-22(18-9-6-5-7-10-18)23(29)26-20-12-8-11-19(14-20)24-25-16(3)17(4)30-24/h5-12,14-15,22H,13H2,1-4H3,(H,26,29)(H,27,28). The van der Waals surface area contributed by atoms with Crippen LogP contribution in [0, 0.1) is 19.8 Å². The molecule has 0 saturated carbocycles. The summed E-state index contributed by atoms with van der Waals surface area (Å²) in [4.78, 5) is 29.8. The lowest BCUT2D eigenvalue weighted by atomic mass is 10.0. The number of nitrogens with one attached hydrogen (secondary N) is 2. The Balaban J connectivity index is 1.81. The number of carbonyl (C=O) groups excluding carboxylic acids is 2. The van der Waals surface area contributed by atoms with Crippen LogP contribution in [0.15, 0.2) is 59.0 Å². The summed E-state index contributed by atoms with van der Waals surface area (Å²) in [6.07, 6.45) is 0.356. The van der Waals surface area contributed by atoms with E-state index in [0.717, 1.165) is 22.6 Å². The monoisotopic (exact) mass is 405 g/mol. The van der Waals surface area contributed by atoms with Gasteiger partial charge in [-0.25, -0.2) is 4.98 Å². The van der Waals surface area contributed by atoms with Crippen molar-refractivity contribution in [1.29, 1.82) is 0 Å². The first kappa shape index (κ1) is 21.3. The summed E-state index contributed by atoms with van der Waals surface area (Å²) in [5.74, 6) is 1.000. The molecule has 0 fully saturated rings. The van der Waals surface area contributed by atoms with E-state index in [-0.39, 0.29) is 17.7 Å². The van der Waals surface area contributed by atoms with Crippen molar-refractivity contribution in [3.63, 3.8) is 0 Å². The molecule has 30 heavy (non-hydrogen) atoms. The van der Waals surface area contributed by atoms with Gasteiger partial charge in [0.15, 0.2) is 0 Å². The minimum Gasteiger partial charge on any atom is -0.441 e. The number of oxazole rings is 1. The molecule has 3 rings (SSSR count). The van der Waals surface area contributed by atoms with Crippen molar-refractivity contribution in [3.8, 4) is 11.5 Å².